The summed E-state index contributed by atoms with van der Waals surface area (Å²) in [5.74, 6) is -1.90. The summed E-state index contributed by atoms with van der Waals surface area (Å²) in [6.45, 7) is 3.40. The Morgan fingerprint density at radius 1 is 0.375 bits per heavy atom. The lowest BCUT2D eigenvalue weighted by Gasteiger charge is -2.47. The van der Waals surface area contributed by atoms with Gasteiger partial charge < -0.3 is 68.3 Å². The summed E-state index contributed by atoms with van der Waals surface area (Å²) in [5, 5.41) is 51.2. The van der Waals surface area contributed by atoms with E-state index >= 15 is 0 Å². The molecule has 4 aromatic heterocycles. The van der Waals surface area contributed by atoms with E-state index in [0.717, 1.165) is 105 Å². The van der Waals surface area contributed by atoms with Crippen molar-refractivity contribution >= 4 is 138 Å². The average molecular weight is 2000 g/mol. The number of hydrogen-bond acceptors (Lipinski definition) is 20. The van der Waals surface area contributed by atoms with Crippen LogP contribution in [0.3, 0.4) is 0 Å². The number of hydrogen-bond donors (Lipinski definition) is 9. The Hall–Kier alpha value is -13.7. The van der Waals surface area contributed by atoms with E-state index < -0.39 is 71.4 Å². The molecule has 8 unspecified atom stereocenters. The van der Waals surface area contributed by atoms with E-state index in [1.54, 1.807) is 64.5 Å². The molecule has 2 saturated carbocycles. The molecule has 8 aromatic carbocycles. The fraction of sp³-hybridized carbons (Fsp3) is 0.406. The number of aliphatic hydroxyl groups is 4. The summed E-state index contributed by atoms with van der Waals surface area (Å²) in [7, 11) is 0. The Labute approximate surface area is 815 Å². The first-order valence-corrected chi connectivity index (χ1v) is 48.0. The second kappa shape index (κ2) is 40.8. The molecule has 144 heavy (non-hydrogen) atoms. The van der Waals surface area contributed by atoms with Crippen LogP contribution >= 0.6 is 0 Å². The minimum Gasteiger partial charge on any atom is -0.396 e. The van der Waals surface area contributed by atoms with Gasteiger partial charge in [0.25, 0.3) is 36.0 Å². The average Bonchev–Trinajstić information content (AvgIpc) is 1.62. The molecular weight excluding hydrogens is 1900 g/mol. The molecule has 13 heterocycles. The monoisotopic (exact) mass is 2000 g/mol. The molecule has 8 bridgehead atoms. The highest BCUT2D eigenvalue weighted by molar-refractivity contribution is 6.09. The molecule has 32 nitrogen and oxygen atoms in total. The molecule has 2 aliphatic carbocycles. The van der Waals surface area contributed by atoms with Crippen molar-refractivity contribution in [1.82, 2.24) is 53.3 Å². The highest BCUT2D eigenvalue weighted by Crippen LogP contribution is 2.46. The van der Waals surface area contributed by atoms with Gasteiger partial charge in [0.15, 0.2) is 0 Å². The highest BCUT2D eigenvalue weighted by Gasteiger charge is 2.54. The van der Waals surface area contributed by atoms with Crippen LogP contribution in [-0.2, 0) is 68.6 Å². The number of aromatic nitrogens is 8. The van der Waals surface area contributed by atoms with Gasteiger partial charge in [0, 0.05) is 153 Å². The Morgan fingerprint density at radius 3 is 1.01 bits per heavy atom. The number of carbonyl (C=O) groups is 8. The van der Waals surface area contributed by atoms with Crippen LogP contribution in [0.4, 0.5) is 94.8 Å². The Bertz CT molecular complexity index is 6930. The van der Waals surface area contributed by atoms with Crippen molar-refractivity contribution in [3.8, 4) is 0 Å². The third-order valence-electron chi connectivity index (χ3n) is 27.9. The summed E-state index contributed by atoms with van der Waals surface area (Å²) in [6, 6.07) is 41.5. The molecule has 43 heteroatoms. The maximum absolute atomic E-state index is 13.4. The van der Waals surface area contributed by atoms with E-state index in [0.29, 0.717) is 159 Å². The summed E-state index contributed by atoms with van der Waals surface area (Å²) >= 11 is 0. The first-order valence-electron chi connectivity index (χ1n) is 48.0. The van der Waals surface area contributed by atoms with Gasteiger partial charge in [-0.2, -0.15) is 39.5 Å². The van der Waals surface area contributed by atoms with Crippen LogP contribution in [0.15, 0.2) is 170 Å². The van der Waals surface area contributed by atoms with Crippen molar-refractivity contribution < 1.29 is 112 Å². The number of nitrogens with zero attached hydrogens (tertiary/aromatic N) is 14. The lowest BCUT2D eigenvalue weighted by Crippen LogP contribution is -2.70. The topological polar surface area (TPSA) is 378 Å². The molecule has 12 aromatic rings. The fourth-order valence-electron chi connectivity index (χ4n) is 20.6. The number of carbonyl (C=O) groups excluding carboxylic acids is 8. The minimum absolute atomic E-state index is 0.000337. The van der Waals surface area contributed by atoms with Gasteiger partial charge in [0.2, 0.25) is 41.5 Å². The van der Waals surface area contributed by atoms with E-state index in [-0.39, 0.29) is 132 Å². The van der Waals surface area contributed by atoms with Crippen molar-refractivity contribution in [1.29, 1.82) is 0 Å². The number of amides is 8. The highest BCUT2D eigenvalue weighted by atomic mass is 19.4. The quantitative estimate of drug-likeness (QED) is 0.0216. The number of halogens is 11. The first-order chi connectivity index (χ1) is 69.2. The third-order valence-corrected chi connectivity index (χ3v) is 27.9. The molecule has 8 atom stereocenters. The zero-order chi connectivity index (χ0) is 101. The number of aliphatic hydroxyl groups excluding tert-OH is 4. The summed E-state index contributed by atoms with van der Waals surface area (Å²) < 4.78 is 157. The number of morpholine rings is 1. The van der Waals surface area contributed by atoms with Crippen LogP contribution in [0, 0.1) is 0 Å². The van der Waals surface area contributed by atoms with Crippen molar-refractivity contribution in [3.05, 3.63) is 214 Å². The van der Waals surface area contributed by atoms with E-state index in [2.05, 4.69) is 56.3 Å². The maximum atomic E-state index is 13.4. The molecule has 11 aliphatic rings. The smallest absolute Gasteiger partial charge is 0.396 e. The van der Waals surface area contributed by atoms with Crippen LogP contribution in [0.5, 0.6) is 0 Å². The number of benzene rings is 8. The Kier molecular flexibility index (Phi) is 28.1. The van der Waals surface area contributed by atoms with E-state index in [1.165, 1.54) is 73.5 Å². The van der Waals surface area contributed by atoms with Gasteiger partial charge in [0.1, 0.15) is 6.10 Å². The number of aryl methyl sites for hydroxylation is 4. The molecule has 0 spiro atoms. The van der Waals surface area contributed by atoms with Gasteiger partial charge in [-0.05, 0) is 236 Å². The number of ether oxygens (including phenoxy) is 1. The molecule has 23 rings (SSSR count). The molecule has 8 amide bonds. The zero-order valence-electron chi connectivity index (χ0n) is 77.5. The predicted octanol–water partition coefficient (Wildman–Crippen LogP) is 14.3. The summed E-state index contributed by atoms with van der Waals surface area (Å²) in [5.41, 5.74) is 4.48. The van der Waals surface area contributed by atoms with Crippen molar-refractivity contribution in [2.45, 2.75) is 208 Å². The summed E-state index contributed by atoms with van der Waals surface area (Å²) in [6.07, 6.45) is -4.36. The lowest BCUT2D eigenvalue weighted by atomic mass is 9.90. The van der Waals surface area contributed by atoms with Crippen LogP contribution in [-0.4, -0.2) is 229 Å². The standard InChI is InChI=1S/C27H28F3N5O3.C27H29F2N5O3.C24H23F3N4O4.C23H22F3N5O3/c28-27(29,30)17-4-1-3-16(13-17)24(37)32-26-31-21-14-19(7-9-22(21)33(26)11-2-12-36)34-15-20-8-10-23(25(34)38)35(20)18-5-6-18;28-24(29)16-3-1-4-17(13-16)25(36)31-27-30-21-14-19(7-9-22(21)32(27)11-2-12-35)33-15-20-8-10-23(26(33)37)34(20)18-5-6-18;25-24(26,27)15-4-1-3-14(11-15)21(33)29-23-28-18-12-16(5-7-19(18)30(23)9-2-10-32)31-13-17-6-8-20(35-17)22(31)34;24-23(25,26)14-4-1-3-13(9-14)20(33)29-22-28-17-11-16(5-6-19(17)30(22)7-2-8-32)31-12-15-10-18(27-15)21(31)34/h1,3-4,7,9,13-14,18,20,23,36H,2,5-6,8,10-12,15H2,(H,31,32,37);1,3-4,7,9,13-14,18,20,23-24,35H,2,5-6,8,10-12,15H2,(H,30,31,36);1,3-5,7,11-12,17,20,32H,2,6,8-10,13H2,(H,28,29,33);1,3-6,9,11,15,18,27,32H,2,7-8,10,12H2,(H,28,29,33). The number of rotatable bonds is 27. The largest absolute Gasteiger partial charge is 0.416 e. The number of fused-ring (bicyclic) bond motifs is 12. The van der Waals surface area contributed by atoms with Gasteiger partial charge in [-0.25, -0.2) is 28.7 Å². The first kappa shape index (κ1) is 99.1. The number of imidazole rings is 4. The second-order valence-corrected chi connectivity index (χ2v) is 37.4. The normalized spacial score (nSPS) is 20.9. The van der Waals surface area contributed by atoms with Gasteiger partial charge in [-0.1, -0.05) is 30.3 Å². The van der Waals surface area contributed by atoms with Gasteiger partial charge >= 0.3 is 18.5 Å². The second-order valence-electron chi connectivity index (χ2n) is 37.4. The van der Waals surface area contributed by atoms with Crippen molar-refractivity contribution in [3.63, 3.8) is 0 Å². The lowest BCUT2D eigenvalue weighted by molar-refractivity contribution is -0.138. The molecule has 9 saturated heterocycles. The minimum atomic E-state index is -4.57. The van der Waals surface area contributed by atoms with Gasteiger partial charge in [-0.15, -0.1) is 0 Å². The predicted molar refractivity (Wildman–Crippen MR) is 509 cm³/mol. The van der Waals surface area contributed by atoms with Crippen LogP contribution < -0.4 is 46.2 Å². The van der Waals surface area contributed by atoms with Crippen molar-refractivity contribution in [2.24, 2.45) is 0 Å². The fourth-order valence-corrected chi connectivity index (χ4v) is 20.6. The zero-order valence-corrected chi connectivity index (χ0v) is 77.5. The van der Waals surface area contributed by atoms with E-state index in [4.69, 9.17) is 4.74 Å². The molecule has 9 N–H and O–H groups in total. The van der Waals surface area contributed by atoms with Crippen LogP contribution in [0.25, 0.3) is 44.1 Å². The van der Waals surface area contributed by atoms with E-state index in [1.807, 2.05) is 46.2 Å². The third kappa shape index (κ3) is 20.7. The van der Waals surface area contributed by atoms with Crippen LogP contribution in [0.2, 0.25) is 0 Å². The Balaban J connectivity index is 0.000000122. The van der Waals surface area contributed by atoms with Crippen molar-refractivity contribution in [2.75, 3.05) is 93.5 Å². The number of alkyl halides is 11. The Morgan fingerprint density at radius 2 is 0.694 bits per heavy atom. The molecule has 756 valence electrons. The SMILES string of the molecule is O=C(Nc1nc2cc(N3CC4CC(N4)C3=O)ccc2n1CCCO)c1cccc(C(F)(F)F)c1.O=C(Nc1nc2cc(N3CC4CCC(C3=O)N4C3CC3)ccc2n1CCCO)c1cccc(C(F)(F)F)c1.O=C(Nc1nc2cc(N3CC4CCC(C3=O)N4C3CC3)ccc2n1CCCO)c1cccc(C(F)F)c1.O=C(Nc1nc2cc(N3CC4CCC(O4)C3=O)ccc2n1CCCO)c1cccc(C(F)(F)F)c1. The van der Waals surface area contributed by atoms with Gasteiger partial charge in [-0.3, -0.25) is 69.4 Å². The molecule has 11 fully saturated rings. The number of anilines is 8. The number of nitrogens with one attached hydrogen (secondary N) is 5. The molecular formula is C101H102F11N19O13. The maximum Gasteiger partial charge on any atom is 0.416 e. The van der Waals surface area contributed by atoms with Crippen LogP contribution in [0.1, 0.15) is 166 Å². The molecule has 0 radical (unpaired) electrons. The molecule has 9 aliphatic heterocycles. The van der Waals surface area contributed by atoms with Gasteiger partial charge in [0.05, 0.1) is 91.6 Å². The van der Waals surface area contributed by atoms with E-state index in [9.17, 15) is 107 Å². The number of piperidine rings is 1. The summed E-state index contributed by atoms with van der Waals surface area (Å²) in [4.78, 5) is 133. The number of piperazine rings is 3.